The van der Waals surface area contributed by atoms with Gasteiger partial charge in [-0.05, 0) is 19.8 Å². The van der Waals surface area contributed by atoms with Gasteiger partial charge < -0.3 is 15.2 Å². The van der Waals surface area contributed by atoms with Crippen LogP contribution in [0.3, 0.4) is 0 Å². The Kier molecular flexibility index (Phi) is 2.34. The van der Waals surface area contributed by atoms with Crippen molar-refractivity contribution >= 4 is 6.09 Å². The maximum atomic E-state index is 10.3. The van der Waals surface area contributed by atoms with Crippen LogP contribution in [0.4, 0.5) is 4.79 Å². The largest absolute Gasteiger partial charge is 0.465 e. The zero-order valence-electron chi connectivity index (χ0n) is 6.59. The molecule has 0 atom stereocenters. The molecule has 2 N–H and O–H groups in total. The highest BCUT2D eigenvalue weighted by Crippen LogP contribution is 2.19. The summed E-state index contributed by atoms with van der Waals surface area (Å²) >= 11 is 0. The van der Waals surface area contributed by atoms with Gasteiger partial charge in [0.05, 0.1) is 0 Å². The van der Waals surface area contributed by atoms with E-state index in [1.807, 2.05) is 6.92 Å². The lowest BCUT2D eigenvalue weighted by Crippen LogP contribution is -2.49. The van der Waals surface area contributed by atoms with E-state index < -0.39 is 6.09 Å². The van der Waals surface area contributed by atoms with E-state index >= 15 is 0 Å². The van der Waals surface area contributed by atoms with Gasteiger partial charge in [0.2, 0.25) is 0 Å². The first-order chi connectivity index (χ1) is 5.12. The van der Waals surface area contributed by atoms with Gasteiger partial charge in [0.1, 0.15) is 0 Å². The van der Waals surface area contributed by atoms with Crippen LogP contribution in [0.15, 0.2) is 0 Å². The van der Waals surface area contributed by atoms with Crippen molar-refractivity contribution in [1.82, 2.24) is 5.32 Å². The molecule has 0 spiro atoms. The van der Waals surface area contributed by atoms with Crippen LogP contribution < -0.4 is 5.32 Å². The molecule has 11 heavy (non-hydrogen) atoms. The molecule has 0 radical (unpaired) electrons. The summed E-state index contributed by atoms with van der Waals surface area (Å²) in [5.74, 6) is 0. The number of nitrogens with one attached hydrogen (secondary N) is 1. The van der Waals surface area contributed by atoms with Crippen molar-refractivity contribution in [2.45, 2.75) is 25.3 Å². The minimum atomic E-state index is -0.950. The van der Waals surface area contributed by atoms with Crippen LogP contribution in [-0.4, -0.2) is 30.0 Å². The third kappa shape index (κ3) is 2.38. The van der Waals surface area contributed by atoms with Crippen LogP contribution in [0.25, 0.3) is 0 Å². The number of hydrogen-bond acceptors (Lipinski definition) is 2. The first-order valence-electron chi connectivity index (χ1n) is 3.71. The summed E-state index contributed by atoms with van der Waals surface area (Å²) < 4.78 is 5.11. The Hall–Kier alpha value is -0.770. The predicted molar refractivity (Wildman–Crippen MR) is 39.6 cm³/mol. The molecular weight excluding hydrogens is 146 g/mol. The van der Waals surface area contributed by atoms with Gasteiger partial charge in [-0.1, -0.05) is 0 Å². The summed E-state index contributed by atoms with van der Waals surface area (Å²) in [6.45, 7) is 3.21. The SMILES string of the molecule is CC1(NC(=O)O)CCOCC1. The second kappa shape index (κ2) is 3.09. The van der Waals surface area contributed by atoms with Crippen LogP contribution in [-0.2, 0) is 4.74 Å². The Balaban J connectivity index is 2.43. The molecule has 1 fully saturated rings. The first kappa shape index (κ1) is 8.33. The maximum Gasteiger partial charge on any atom is 0.405 e. The Morgan fingerprint density at radius 3 is 2.55 bits per heavy atom. The quantitative estimate of drug-likeness (QED) is 0.595. The molecule has 1 rings (SSSR count). The van der Waals surface area contributed by atoms with E-state index in [4.69, 9.17) is 9.84 Å². The summed E-state index contributed by atoms with van der Waals surface area (Å²) in [4.78, 5) is 10.3. The second-order valence-corrected chi connectivity index (χ2v) is 3.10. The fraction of sp³-hybridized carbons (Fsp3) is 0.857. The highest BCUT2D eigenvalue weighted by molar-refractivity contribution is 5.65. The van der Waals surface area contributed by atoms with Crippen molar-refractivity contribution in [3.63, 3.8) is 0 Å². The lowest BCUT2D eigenvalue weighted by molar-refractivity contribution is 0.0458. The van der Waals surface area contributed by atoms with E-state index in [1.54, 1.807) is 0 Å². The number of amides is 1. The summed E-state index contributed by atoms with van der Waals surface area (Å²) in [6.07, 6.45) is 0.577. The minimum Gasteiger partial charge on any atom is -0.465 e. The molecule has 0 aromatic carbocycles. The number of rotatable bonds is 1. The smallest absolute Gasteiger partial charge is 0.405 e. The molecule has 1 amide bonds. The van der Waals surface area contributed by atoms with Crippen LogP contribution in [0.5, 0.6) is 0 Å². The van der Waals surface area contributed by atoms with Crippen molar-refractivity contribution in [2.75, 3.05) is 13.2 Å². The Bertz CT molecular complexity index is 152. The van der Waals surface area contributed by atoms with Crippen molar-refractivity contribution < 1.29 is 14.6 Å². The molecule has 0 unspecified atom stereocenters. The second-order valence-electron chi connectivity index (χ2n) is 3.10. The van der Waals surface area contributed by atoms with Crippen molar-refractivity contribution in [3.05, 3.63) is 0 Å². The van der Waals surface area contributed by atoms with Gasteiger partial charge in [-0.25, -0.2) is 4.79 Å². The third-order valence-corrected chi connectivity index (χ3v) is 2.01. The van der Waals surface area contributed by atoms with E-state index in [0.717, 1.165) is 12.8 Å². The molecular formula is C7H13NO3. The van der Waals surface area contributed by atoms with E-state index in [-0.39, 0.29) is 5.54 Å². The van der Waals surface area contributed by atoms with E-state index in [2.05, 4.69) is 5.32 Å². The zero-order valence-corrected chi connectivity index (χ0v) is 6.59. The Morgan fingerprint density at radius 2 is 2.09 bits per heavy atom. The fourth-order valence-electron chi connectivity index (χ4n) is 1.21. The summed E-state index contributed by atoms with van der Waals surface area (Å²) in [7, 11) is 0. The molecule has 0 aromatic rings. The molecule has 1 aliphatic rings. The number of carbonyl (C=O) groups is 1. The van der Waals surface area contributed by atoms with Crippen molar-refractivity contribution in [2.24, 2.45) is 0 Å². The third-order valence-electron chi connectivity index (χ3n) is 2.01. The van der Waals surface area contributed by atoms with E-state index in [9.17, 15) is 4.79 Å². The number of ether oxygens (including phenoxy) is 1. The highest BCUT2D eigenvalue weighted by atomic mass is 16.5. The summed E-state index contributed by atoms with van der Waals surface area (Å²) in [5.41, 5.74) is -0.274. The van der Waals surface area contributed by atoms with Gasteiger partial charge in [0.25, 0.3) is 0 Å². The van der Waals surface area contributed by atoms with Gasteiger partial charge >= 0.3 is 6.09 Å². The normalized spacial score (nSPS) is 22.6. The topological polar surface area (TPSA) is 58.6 Å². The van der Waals surface area contributed by atoms with Crippen LogP contribution in [0.2, 0.25) is 0 Å². The molecule has 1 aliphatic heterocycles. The van der Waals surface area contributed by atoms with Crippen LogP contribution in [0.1, 0.15) is 19.8 Å². The monoisotopic (exact) mass is 159 g/mol. The molecule has 0 aliphatic carbocycles. The number of carboxylic acid groups (broad SMARTS) is 1. The highest BCUT2D eigenvalue weighted by Gasteiger charge is 2.28. The Morgan fingerprint density at radius 1 is 1.55 bits per heavy atom. The molecule has 1 heterocycles. The molecule has 0 aromatic heterocycles. The van der Waals surface area contributed by atoms with Crippen molar-refractivity contribution in [1.29, 1.82) is 0 Å². The van der Waals surface area contributed by atoms with Gasteiger partial charge in [-0.15, -0.1) is 0 Å². The molecule has 4 nitrogen and oxygen atoms in total. The maximum absolute atomic E-state index is 10.3. The standard InChI is InChI=1S/C7H13NO3/c1-7(8-6(9)10)2-4-11-5-3-7/h8H,2-5H2,1H3,(H,9,10). The fourth-order valence-corrected chi connectivity index (χ4v) is 1.21. The van der Waals surface area contributed by atoms with Crippen LogP contribution in [0, 0.1) is 0 Å². The first-order valence-corrected chi connectivity index (χ1v) is 3.71. The van der Waals surface area contributed by atoms with Gasteiger partial charge in [-0.3, -0.25) is 0 Å². The van der Waals surface area contributed by atoms with E-state index in [0.29, 0.717) is 13.2 Å². The molecule has 1 saturated heterocycles. The molecule has 64 valence electrons. The summed E-state index contributed by atoms with van der Waals surface area (Å²) in [5, 5.41) is 11.0. The number of hydrogen-bond donors (Lipinski definition) is 2. The van der Waals surface area contributed by atoms with E-state index in [1.165, 1.54) is 0 Å². The van der Waals surface area contributed by atoms with Crippen LogP contribution >= 0.6 is 0 Å². The van der Waals surface area contributed by atoms with Crippen molar-refractivity contribution in [3.8, 4) is 0 Å². The minimum absolute atomic E-state index is 0.274. The summed E-state index contributed by atoms with van der Waals surface area (Å²) in [6, 6.07) is 0. The molecule has 4 heteroatoms. The average molecular weight is 159 g/mol. The lowest BCUT2D eigenvalue weighted by atomic mass is 9.93. The predicted octanol–water partition coefficient (Wildman–Crippen LogP) is 0.823. The van der Waals surface area contributed by atoms with Gasteiger partial charge in [0.15, 0.2) is 0 Å². The zero-order chi connectivity index (χ0) is 8.32. The molecule has 0 bridgehead atoms. The lowest BCUT2D eigenvalue weighted by Gasteiger charge is -2.33. The molecule has 0 saturated carbocycles. The average Bonchev–Trinajstić information content (AvgIpc) is 1.85. The Labute approximate surface area is 65.5 Å². The van der Waals surface area contributed by atoms with Gasteiger partial charge in [0, 0.05) is 18.8 Å². The van der Waals surface area contributed by atoms with Gasteiger partial charge in [-0.2, -0.15) is 0 Å².